The van der Waals surface area contributed by atoms with Crippen molar-refractivity contribution in [2.45, 2.75) is 40.2 Å². The van der Waals surface area contributed by atoms with Gasteiger partial charge in [-0.05, 0) is 24.9 Å². The molecule has 0 heterocycles. The lowest BCUT2D eigenvalue weighted by molar-refractivity contribution is -0.385. The zero-order chi connectivity index (χ0) is 13.5. The SMILES string of the molecule is CCC(CC)CNCc1cccc([N+](=O)[O-])c1C. The normalized spacial score (nSPS) is 10.9. The lowest BCUT2D eigenvalue weighted by Crippen LogP contribution is -2.22. The Kier molecular flexibility index (Phi) is 5.78. The van der Waals surface area contributed by atoms with Crippen molar-refractivity contribution in [2.75, 3.05) is 6.54 Å². The van der Waals surface area contributed by atoms with Crippen LogP contribution in [0.3, 0.4) is 0 Å². The molecule has 0 aliphatic rings. The van der Waals surface area contributed by atoms with Crippen LogP contribution < -0.4 is 5.32 Å². The standard InChI is InChI=1S/C14H22N2O2/c1-4-12(5-2)9-15-10-13-7-6-8-14(11(13)3)16(17)18/h6-8,12,15H,4-5,9-10H2,1-3H3. The Hall–Kier alpha value is -1.42. The molecule has 1 aromatic carbocycles. The maximum absolute atomic E-state index is 10.8. The first-order chi connectivity index (χ1) is 8.60. The second-order valence-corrected chi connectivity index (χ2v) is 4.63. The number of hydrogen-bond donors (Lipinski definition) is 1. The van der Waals surface area contributed by atoms with Gasteiger partial charge in [0.25, 0.3) is 5.69 Å². The van der Waals surface area contributed by atoms with E-state index in [1.54, 1.807) is 12.1 Å². The summed E-state index contributed by atoms with van der Waals surface area (Å²) in [5, 5.41) is 14.2. The predicted molar refractivity (Wildman–Crippen MR) is 73.6 cm³/mol. The minimum absolute atomic E-state index is 0.205. The Morgan fingerprint density at radius 3 is 2.56 bits per heavy atom. The summed E-state index contributed by atoms with van der Waals surface area (Å²) in [6.45, 7) is 7.86. The van der Waals surface area contributed by atoms with E-state index in [-0.39, 0.29) is 10.6 Å². The molecule has 100 valence electrons. The van der Waals surface area contributed by atoms with Gasteiger partial charge < -0.3 is 5.32 Å². The summed E-state index contributed by atoms with van der Waals surface area (Å²) < 4.78 is 0. The highest BCUT2D eigenvalue weighted by molar-refractivity contribution is 5.44. The van der Waals surface area contributed by atoms with Gasteiger partial charge in [-0.3, -0.25) is 10.1 Å². The van der Waals surface area contributed by atoms with Gasteiger partial charge >= 0.3 is 0 Å². The van der Waals surface area contributed by atoms with Gasteiger partial charge in [0.1, 0.15) is 0 Å². The van der Waals surface area contributed by atoms with Crippen molar-refractivity contribution in [2.24, 2.45) is 5.92 Å². The minimum atomic E-state index is -0.320. The van der Waals surface area contributed by atoms with Crippen molar-refractivity contribution in [3.05, 3.63) is 39.4 Å². The summed E-state index contributed by atoms with van der Waals surface area (Å²) >= 11 is 0. The fourth-order valence-electron chi connectivity index (χ4n) is 2.05. The fraction of sp³-hybridized carbons (Fsp3) is 0.571. The van der Waals surface area contributed by atoms with Crippen LogP contribution in [0.25, 0.3) is 0 Å². The molecule has 18 heavy (non-hydrogen) atoms. The smallest absolute Gasteiger partial charge is 0.272 e. The van der Waals surface area contributed by atoms with Gasteiger partial charge in [0, 0.05) is 18.2 Å². The number of nitrogens with zero attached hydrogens (tertiary/aromatic N) is 1. The van der Waals surface area contributed by atoms with E-state index in [0.29, 0.717) is 12.5 Å². The van der Waals surface area contributed by atoms with Crippen LogP contribution in [0.2, 0.25) is 0 Å². The summed E-state index contributed by atoms with van der Waals surface area (Å²) in [4.78, 5) is 10.5. The highest BCUT2D eigenvalue weighted by Gasteiger charge is 2.12. The molecule has 1 N–H and O–H groups in total. The third-order valence-corrected chi connectivity index (χ3v) is 3.52. The van der Waals surface area contributed by atoms with E-state index in [1.807, 2.05) is 13.0 Å². The van der Waals surface area contributed by atoms with Crippen molar-refractivity contribution in [1.82, 2.24) is 5.32 Å². The molecule has 1 aromatic rings. The van der Waals surface area contributed by atoms with E-state index in [2.05, 4.69) is 19.2 Å². The molecule has 4 heteroatoms. The van der Waals surface area contributed by atoms with Crippen molar-refractivity contribution < 1.29 is 4.92 Å². The second kappa shape index (κ2) is 7.11. The number of nitro benzene ring substituents is 1. The van der Waals surface area contributed by atoms with E-state index >= 15 is 0 Å². The van der Waals surface area contributed by atoms with Gasteiger partial charge in [0.15, 0.2) is 0 Å². The molecule has 0 fully saturated rings. The summed E-state index contributed by atoms with van der Waals surface area (Å²) in [5.74, 6) is 0.684. The van der Waals surface area contributed by atoms with Gasteiger partial charge in [0.2, 0.25) is 0 Å². The van der Waals surface area contributed by atoms with Gasteiger partial charge in [-0.1, -0.05) is 38.8 Å². The lowest BCUT2D eigenvalue weighted by Gasteiger charge is -2.14. The molecule has 0 amide bonds. The van der Waals surface area contributed by atoms with Crippen molar-refractivity contribution in [1.29, 1.82) is 0 Å². The maximum Gasteiger partial charge on any atom is 0.272 e. The molecule has 0 spiro atoms. The van der Waals surface area contributed by atoms with E-state index < -0.39 is 0 Å². The van der Waals surface area contributed by atoms with E-state index in [1.165, 1.54) is 0 Å². The van der Waals surface area contributed by atoms with Gasteiger partial charge in [-0.2, -0.15) is 0 Å². The second-order valence-electron chi connectivity index (χ2n) is 4.63. The first-order valence-corrected chi connectivity index (χ1v) is 6.53. The third kappa shape index (κ3) is 3.81. The van der Waals surface area contributed by atoms with Gasteiger partial charge in [-0.15, -0.1) is 0 Å². The molecule has 0 atom stereocenters. The number of nitrogens with one attached hydrogen (secondary N) is 1. The maximum atomic E-state index is 10.8. The Morgan fingerprint density at radius 2 is 2.00 bits per heavy atom. The number of benzene rings is 1. The molecular weight excluding hydrogens is 228 g/mol. The Labute approximate surface area is 109 Å². The molecule has 1 rings (SSSR count). The first kappa shape index (κ1) is 14.6. The van der Waals surface area contributed by atoms with Crippen LogP contribution in [-0.2, 0) is 6.54 Å². The number of hydrogen-bond acceptors (Lipinski definition) is 3. The van der Waals surface area contributed by atoms with Crippen molar-refractivity contribution in [3.63, 3.8) is 0 Å². The van der Waals surface area contributed by atoms with Crippen LogP contribution in [0.15, 0.2) is 18.2 Å². The highest BCUT2D eigenvalue weighted by Crippen LogP contribution is 2.20. The van der Waals surface area contributed by atoms with Crippen molar-refractivity contribution >= 4 is 5.69 Å². The Bertz CT molecular complexity index is 401. The average molecular weight is 250 g/mol. The Morgan fingerprint density at radius 1 is 1.33 bits per heavy atom. The number of rotatable bonds is 7. The molecule has 0 saturated carbocycles. The molecule has 0 aromatic heterocycles. The van der Waals surface area contributed by atoms with Crippen molar-refractivity contribution in [3.8, 4) is 0 Å². The third-order valence-electron chi connectivity index (χ3n) is 3.52. The van der Waals surface area contributed by atoms with Crippen LogP contribution in [0, 0.1) is 23.0 Å². The van der Waals surface area contributed by atoms with Gasteiger partial charge in [0.05, 0.1) is 4.92 Å². The van der Waals surface area contributed by atoms with Gasteiger partial charge in [-0.25, -0.2) is 0 Å². The summed E-state index contributed by atoms with van der Waals surface area (Å²) in [7, 11) is 0. The fourth-order valence-corrected chi connectivity index (χ4v) is 2.05. The van der Waals surface area contributed by atoms with Crippen LogP contribution >= 0.6 is 0 Å². The Balaban J connectivity index is 2.63. The molecule has 0 bridgehead atoms. The topological polar surface area (TPSA) is 55.2 Å². The number of nitro groups is 1. The van der Waals surface area contributed by atoms with Crippen LogP contribution in [0.5, 0.6) is 0 Å². The minimum Gasteiger partial charge on any atom is -0.312 e. The van der Waals surface area contributed by atoms with Crippen LogP contribution in [0.1, 0.15) is 37.8 Å². The predicted octanol–water partition coefficient (Wildman–Crippen LogP) is 3.43. The first-order valence-electron chi connectivity index (χ1n) is 6.53. The largest absolute Gasteiger partial charge is 0.312 e. The molecule has 0 saturated heterocycles. The monoisotopic (exact) mass is 250 g/mol. The highest BCUT2D eigenvalue weighted by atomic mass is 16.6. The molecule has 0 aliphatic carbocycles. The summed E-state index contributed by atoms with van der Waals surface area (Å²) in [5.41, 5.74) is 1.98. The zero-order valence-electron chi connectivity index (χ0n) is 11.4. The quantitative estimate of drug-likeness (QED) is 0.596. The summed E-state index contributed by atoms with van der Waals surface area (Å²) in [6, 6.07) is 5.25. The molecule has 0 aliphatic heterocycles. The lowest BCUT2D eigenvalue weighted by atomic mass is 10.0. The molecule has 0 unspecified atom stereocenters. The molecular formula is C14H22N2O2. The van der Waals surface area contributed by atoms with E-state index in [4.69, 9.17) is 0 Å². The molecule has 0 radical (unpaired) electrons. The van der Waals surface area contributed by atoms with E-state index in [9.17, 15) is 10.1 Å². The van der Waals surface area contributed by atoms with Crippen LogP contribution in [0.4, 0.5) is 5.69 Å². The van der Waals surface area contributed by atoms with E-state index in [0.717, 1.165) is 30.5 Å². The summed E-state index contributed by atoms with van der Waals surface area (Å²) in [6.07, 6.45) is 2.33. The zero-order valence-corrected chi connectivity index (χ0v) is 11.4. The molecule has 4 nitrogen and oxygen atoms in total. The van der Waals surface area contributed by atoms with Crippen LogP contribution in [-0.4, -0.2) is 11.5 Å². The average Bonchev–Trinajstić information content (AvgIpc) is 2.36.